The van der Waals surface area contributed by atoms with E-state index in [0.29, 0.717) is 11.1 Å². The maximum absolute atomic E-state index is 14.0. The van der Waals surface area contributed by atoms with Gasteiger partial charge in [0.2, 0.25) is 0 Å². The number of nitrogens with one attached hydrogen (secondary N) is 2. The van der Waals surface area contributed by atoms with Crippen LogP contribution in [0, 0.1) is 13.8 Å². The van der Waals surface area contributed by atoms with E-state index in [2.05, 4.69) is 0 Å². The molecule has 26 heavy (non-hydrogen) atoms. The number of benzene rings is 2. The number of anilines is 2. The third-order valence-corrected chi connectivity index (χ3v) is 3.52. The minimum absolute atomic E-state index is 0.0791. The fraction of sp³-hybridized carbons (Fsp3) is 0.222. The lowest BCUT2D eigenvalue weighted by Gasteiger charge is -2.24. The molecule has 2 aromatic carbocycles. The van der Waals surface area contributed by atoms with Crippen LogP contribution < -0.4 is 10.6 Å². The second-order valence-corrected chi connectivity index (χ2v) is 5.80. The lowest BCUT2D eigenvalue weighted by atomic mass is 10.1. The normalized spacial score (nSPS) is 11.8. The first-order valence-electron chi connectivity index (χ1n) is 7.56. The molecule has 2 rings (SSSR count). The molecule has 0 heterocycles. The fourth-order valence-electron chi connectivity index (χ4n) is 2.15. The Hall–Kier alpha value is -2.90. The Labute approximate surface area is 147 Å². The average molecular weight is 368 g/mol. The molecule has 8 heteroatoms. The van der Waals surface area contributed by atoms with Crippen LogP contribution in [0.1, 0.15) is 11.1 Å². The number of halogens is 4. The first-order valence-corrected chi connectivity index (χ1v) is 7.56. The number of carbonyl (C=O) groups excluding carboxylic acids is 2. The van der Waals surface area contributed by atoms with Gasteiger partial charge >= 0.3 is 23.7 Å². The molecule has 0 aliphatic rings. The van der Waals surface area contributed by atoms with Crippen LogP contribution in [0.5, 0.6) is 0 Å². The van der Waals surface area contributed by atoms with E-state index in [4.69, 9.17) is 0 Å². The van der Waals surface area contributed by atoms with Crippen molar-refractivity contribution in [3.63, 3.8) is 0 Å². The molecule has 0 radical (unpaired) electrons. The van der Waals surface area contributed by atoms with Crippen LogP contribution in [0.4, 0.5) is 28.9 Å². The van der Waals surface area contributed by atoms with Crippen LogP contribution >= 0.6 is 0 Å². The first-order chi connectivity index (χ1) is 12.0. The Morgan fingerprint density at radius 2 is 1.08 bits per heavy atom. The zero-order valence-electron chi connectivity index (χ0n) is 13.9. The largest absolute Gasteiger partial charge is 0.396 e. The molecule has 2 N–H and O–H groups in total. The maximum Gasteiger partial charge on any atom is 0.396 e. The summed E-state index contributed by atoms with van der Waals surface area (Å²) in [6.45, 7) is 3.27. The zero-order valence-corrected chi connectivity index (χ0v) is 13.9. The summed E-state index contributed by atoms with van der Waals surface area (Å²) in [7, 11) is 0. The number of hydrogen-bond donors (Lipinski definition) is 2. The predicted molar refractivity (Wildman–Crippen MR) is 89.5 cm³/mol. The molecule has 0 unspecified atom stereocenters. The Kier molecular flexibility index (Phi) is 5.34. The van der Waals surface area contributed by atoms with Crippen LogP contribution in [0.2, 0.25) is 0 Å². The molecule has 0 aliphatic heterocycles. The van der Waals surface area contributed by atoms with Crippen molar-refractivity contribution >= 4 is 23.2 Å². The van der Waals surface area contributed by atoms with E-state index < -0.39 is 23.7 Å². The van der Waals surface area contributed by atoms with Crippen molar-refractivity contribution in [1.82, 2.24) is 0 Å². The summed E-state index contributed by atoms with van der Waals surface area (Å²) < 4.78 is 56.0. The molecule has 2 amide bonds. The smallest absolute Gasteiger partial charge is 0.321 e. The summed E-state index contributed by atoms with van der Waals surface area (Å²) in [4.78, 5) is 23.4. The highest BCUT2D eigenvalue weighted by atomic mass is 19.3. The van der Waals surface area contributed by atoms with Gasteiger partial charge in [0.05, 0.1) is 0 Å². The van der Waals surface area contributed by atoms with Crippen LogP contribution in [0.3, 0.4) is 0 Å². The average Bonchev–Trinajstić information content (AvgIpc) is 2.54. The lowest BCUT2D eigenvalue weighted by molar-refractivity contribution is -0.204. The number of aryl methyl sites for hydroxylation is 2. The second-order valence-electron chi connectivity index (χ2n) is 5.80. The van der Waals surface area contributed by atoms with Crippen molar-refractivity contribution < 1.29 is 27.2 Å². The molecule has 0 bridgehead atoms. The van der Waals surface area contributed by atoms with Crippen LogP contribution in [-0.2, 0) is 9.59 Å². The van der Waals surface area contributed by atoms with Gasteiger partial charge in [0.25, 0.3) is 0 Å². The molecule has 138 valence electrons. The molecular formula is C18H16F4N2O2. The third kappa shape index (κ3) is 4.01. The summed E-state index contributed by atoms with van der Waals surface area (Å²) in [5.74, 6) is -15.0. The van der Waals surface area contributed by atoms with E-state index >= 15 is 0 Å². The maximum atomic E-state index is 14.0. The molecule has 0 saturated heterocycles. The van der Waals surface area contributed by atoms with Crippen LogP contribution in [0.15, 0.2) is 48.5 Å². The Morgan fingerprint density at radius 3 is 1.38 bits per heavy atom. The highest BCUT2D eigenvalue weighted by molar-refractivity contribution is 6.05. The van der Waals surface area contributed by atoms with Gasteiger partial charge in [-0.2, -0.15) is 17.6 Å². The minimum Gasteiger partial charge on any atom is -0.321 e. The summed E-state index contributed by atoms with van der Waals surface area (Å²) in [5, 5.41) is 3.42. The van der Waals surface area contributed by atoms with Gasteiger partial charge in [0.15, 0.2) is 0 Å². The van der Waals surface area contributed by atoms with E-state index in [1.54, 1.807) is 36.6 Å². The van der Waals surface area contributed by atoms with Crippen molar-refractivity contribution in [3.05, 3.63) is 59.7 Å². The van der Waals surface area contributed by atoms with Crippen molar-refractivity contribution in [2.45, 2.75) is 25.7 Å². The van der Waals surface area contributed by atoms with Gasteiger partial charge < -0.3 is 10.6 Å². The summed E-state index contributed by atoms with van der Waals surface area (Å²) in [5.41, 5.74) is 1.11. The van der Waals surface area contributed by atoms with Crippen LogP contribution in [-0.4, -0.2) is 23.7 Å². The van der Waals surface area contributed by atoms with Gasteiger partial charge in [-0.15, -0.1) is 0 Å². The van der Waals surface area contributed by atoms with Gasteiger partial charge in [-0.05, 0) is 49.2 Å². The van der Waals surface area contributed by atoms with E-state index in [1.165, 1.54) is 36.4 Å². The number of hydrogen-bond acceptors (Lipinski definition) is 2. The second kappa shape index (κ2) is 7.15. The molecule has 0 fully saturated rings. The Bertz CT molecular complexity index is 768. The number of alkyl halides is 4. The van der Waals surface area contributed by atoms with Crippen molar-refractivity contribution in [1.29, 1.82) is 0 Å². The van der Waals surface area contributed by atoms with E-state index in [1.807, 2.05) is 0 Å². The quantitative estimate of drug-likeness (QED) is 0.779. The molecule has 0 atom stereocenters. The minimum atomic E-state index is -5.25. The molecule has 0 saturated carbocycles. The van der Waals surface area contributed by atoms with E-state index in [0.717, 1.165) is 0 Å². The van der Waals surface area contributed by atoms with E-state index in [-0.39, 0.29) is 11.4 Å². The van der Waals surface area contributed by atoms with Crippen molar-refractivity contribution in [2.75, 3.05) is 10.6 Å². The predicted octanol–water partition coefficient (Wildman–Crippen LogP) is 4.15. The highest BCUT2D eigenvalue weighted by Gasteiger charge is 2.67. The molecule has 0 aromatic heterocycles. The highest BCUT2D eigenvalue weighted by Crippen LogP contribution is 2.36. The standard InChI is InChI=1S/C18H16F4N2O2/c1-11-5-3-7-13(9-11)23-15(25)17(19,20)18(21,22)16(26)24-14-8-4-6-12(2)10-14/h3-10H,1-2H3,(H,23,25)(H,24,26). The Balaban J connectivity index is 2.18. The zero-order chi connectivity index (χ0) is 19.5. The number of rotatable bonds is 5. The van der Waals surface area contributed by atoms with Crippen LogP contribution in [0.25, 0.3) is 0 Å². The molecule has 4 nitrogen and oxygen atoms in total. The Morgan fingerprint density at radius 1 is 0.731 bits per heavy atom. The summed E-state index contributed by atoms with van der Waals surface area (Å²) in [6, 6.07) is 11.4. The molecule has 0 aliphatic carbocycles. The monoisotopic (exact) mass is 368 g/mol. The van der Waals surface area contributed by atoms with Gasteiger partial charge in [-0.25, -0.2) is 0 Å². The van der Waals surface area contributed by atoms with Gasteiger partial charge in [-0.1, -0.05) is 24.3 Å². The summed E-state index contributed by atoms with van der Waals surface area (Å²) >= 11 is 0. The molecular weight excluding hydrogens is 352 g/mol. The molecule has 2 aromatic rings. The fourth-order valence-corrected chi connectivity index (χ4v) is 2.15. The number of amides is 2. The topological polar surface area (TPSA) is 58.2 Å². The summed E-state index contributed by atoms with van der Waals surface area (Å²) in [6.07, 6.45) is 0. The van der Waals surface area contributed by atoms with Gasteiger partial charge in [-0.3, -0.25) is 9.59 Å². The van der Waals surface area contributed by atoms with Gasteiger partial charge in [0, 0.05) is 11.4 Å². The number of carbonyl (C=O) groups is 2. The SMILES string of the molecule is Cc1cccc(NC(=O)C(F)(F)C(F)(F)C(=O)Nc2cccc(C)c2)c1. The lowest BCUT2D eigenvalue weighted by Crippen LogP contribution is -2.56. The first kappa shape index (κ1) is 19.4. The van der Waals surface area contributed by atoms with E-state index in [9.17, 15) is 27.2 Å². The third-order valence-electron chi connectivity index (χ3n) is 3.52. The van der Waals surface area contributed by atoms with Crippen molar-refractivity contribution in [2.24, 2.45) is 0 Å². The van der Waals surface area contributed by atoms with Gasteiger partial charge in [0.1, 0.15) is 0 Å². The van der Waals surface area contributed by atoms with Crippen molar-refractivity contribution in [3.8, 4) is 0 Å². The molecule has 0 spiro atoms.